The molecule has 0 saturated carbocycles. The molecule has 82 valence electrons. The summed E-state index contributed by atoms with van der Waals surface area (Å²) >= 11 is 0. The number of phenolic OH excluding ortho intramolecular Hbond substituents is 1. The Morgan fingerprint density at radius 3 is 2.40 bits per heavy atom. The van der Waals surface area contributed by atoms with Crippen molar-refractivity contribution in [1.82, 2.24) is 0 Å². The van der Waals surface area contributed by atoms with Gasteiger partial charge in [-0.25, -0.2) is 4.79 Å². The molecular weight excluding hydrogens is 213 g/mol. The molecule has 2 amide bonds. The van der Waals surface area contributed by atoms with Gasteiger partial charge >= 0.3 is 12.2 Å². The number of nitrogens with two attached hydrogens (primary N) is 1. The molecule has 0 aliphatic carbocycles. The molecule has 1 aromatic carbocycles. The lowest BCUT2D eigenvalue weighted by atomic mass is 10.2. The van der Waals surface area contributed by atoms with Gasteiger partial charge in [0.1, 0.15) is 5.75 Å². The van der Waals surface area contributed by atoms with Crippen LogP contribution in [0.15, 0.2) is 18.2 Å². The van der Waals surface area contributed by atoms with Gasteiger partial charge in [-0.2, -0.15) is 13.2 Å². The number of anilines is 1. The molecule has 4 N–H and O–H groups in total. The van der Waals surface area contributed by atoms with E-state index in [9.17, 15) is 18.0 Å². The van der Waals surface area contributed by atoms with Gasteiger partial charge in [0.05, 0.1) is 5.56 Å². The quantitative estimate of drug-likeness (QED) is 0.676. The van der Waals surface area contributed by atoms with Crippen molar-refractivity contribution in [3.05, 3.63) is 23.8 Å². The number of benzene rings is 1. The highest BCUT2D eigenvalue weighted by atomic mass is 19.4. The van der Waals surface area contributed by atoms with Crippen molar-refractivity contribution < 1.29 is 23.1 Å². The summed E-state index contributed by atoms with van der Waals surface area (Å²) in [6, 6.07) is 1.17. The minimum atomic E-state index is -4.59. The lowest BCUT2D eigenvalue weighted by molar-refractivity contribution is -0.137. The number of rotatable bonds is 1. The Hall–Kier alpha value is -1.92. The number of primary amides is 1. The minimum absolute atomic E-state index is 0.213. The monoisotopic (exact) mass is 220 g/mol. The first-order valence-corrected chi connectivity index (χ1v) is 3.77. The van der Waals surface area contributed by atoms with Crippen LogP contribution in [0.4, 0.5) is 23.7 Å². The van der Waals surface area contributed by atoms with Gasteiger partial charge in [-0.1, -0.05) is 0 Å². The Kier molecular flexibility index (Phi) is 2.74. The molecule has 0 aromatic heterocycles. The van der Waals surface area contributed by atoms with Crippen molar-refractivity contribution in [3.63, 3.8) is 0 Å². The van der Waals surface area contributed by atoms with Crippen LogP contribution in [0, 0.1) is 0 Å². The number of halogens is 3. The second-order valence-electron chi connectivity index (χ2n) is 2.76. The summed E-state index contributed by atoms with van der Waals surface area (Å²) in [5.74, 6) is -0.603. The van der Waals surface area contributed by atoms with Crippen LogP contribution >= 0.6 is 0 Å². The molecule has 7 heteroatoms. The van der Waals surface area contributed by atoms with Crippen LogP contribution in [0.2, 0.25) is 0 Å². The number of urea groups is 1. The normalized spacial score (nSPS) is 11.1. The molecule has 0 unspecified atom stereocenters. The third kappa shape index (κ3) is 3.04. The fraction of sp³-hybridized carbons (Fsp3) is 0.125. The number of hydrogen-bond donors (Lipinski definition) is 3. The van der Waals surface area contributed by atoms with Crippen molar-refractivity contribution in [2.75, 3.05) is 5.32 Å². The first kappa shape index (κ1) is 11.2. The highest BCUT2D eigenvalue weighted by Gasteiger charge is 2.31. The van der Waals surface area contributed by atoms with Crippen molar-refractivity contribution >= 4 is 11.7 Å². The largest absolute Gasteiger partial charge is 0.508 e. The third-order valence-corrected chi connectivity index (χ3v) is 1.51. The number of aromatic hydroxyl groups is 1. The Bertz CT molecular complexity index is 390. The van der Waals surface area contributed by atoms with Crippen molar-refractivity contribution in [1.29, 1.82) is 0 Å². The van der Waals surface area contributed by atoms with Crippen LogP contribution < -0.4 is 11.1 Å². The van der Waals surface area contributed by atoms with E-state index in [1.807, 2.05) is 5.32 Å². The summed E-state index contributed by atoms with van der Waals surface area (Å²) in [6.45, 7) is 0. The zero-order chi connectivity index (χ0) is 11.6. The van der Waals surface area contributed by atoms with Gasteiger partial charge in [0.2, 0.25) is 0 Å². The Balaban J connectivity index is 3.11. The highest BCUT2D eigenvalue weighted by Crippen LogP contribution is 2.33. The van der Waals surface area contributed by atoms with Crippen molar-refractivity contribution in [2.24, 2.45) is 5.73 Å². The number of carbonyl (C=O) groups is 1. The van der Waals surface area contributed by atoms with Gasteiger partial charge in [-0.05, 0) is 12.1 Å². The second kappa shape index (κ2) is 3.68. The number of hydrogen-bond acceptors (Lipinski definition) is 2. The van der Waals surface area contributed by atoms with Crippen molar-refractivity contribution in [2.45, 2.75) is 6.18 Å². The predicted molar refractivity (Wildman–Crippen MR) is 46.3 cm³/mol. The van der Waals surface area contributed by atoms with E-state index in [1.54, 1.807) is 0 Å². The van der Waals surface area contributed by atoms with Crippen LogP contribution in [-0.4, -0.2) is 11.1 Å². The average Bonchev–Trinajstić information content (AvgIpc) is 1.99. The molecule has 1 aromatic rings. The summed E-state index contributed by atoms with van der Waals surface area (Å²) in [5.41, 5.74) is 3.44. The molecule has 0 bridgehead atoms. The van der Waals surface area contributed by atoms with Crippen LogP contribution in [0.3, 0.4) is 0 Å². The maximum absolute atomic E-state index is 12.2. The predicted octanol–water partition coefficient (Wildman–Crippen LogP) is 1.90. The zero-order valence-corrected chi connectivity index (χ0v) is 7.30. The third-order valence-electron chi connectivity index (χ3n) is 1.51. The molecule has 4 nitrogen and oxygen atoms in total. The van der Waals surface area contributed by atoms with Crippen LogP contribution in [-0.2, 0) is 6.18 Å². The molecule has 0 spiro atoms. The number of phenols is 1. The molecule has 1 rings (SSSR count). The molecule has 0 fully saturated rings. The van der Waals surface area contributed by atoms with E-state index in [1.165, 1.54) is 0 Å². The smallest absolute Gasteiger partial charge is 0.416 e. The number of carbonyl (C=O) groups excluding carboxylic acids is 1. The Labute approximate surface area is 82.5 Å². The van der Waals surface area contributed by atoms with Gasteiger partial charge in [-0.15, -0.1) is 0 Å². The molecule has 0 saturated heterocycles. The van der Waals surface area contributed by atoms with Crippen molar-refractivity contribution in [3.8, 4) is 5.75 Å². The first-order valence-electron chi connectivity index (χ1n) is 3.77. The Morgan fingerprint density at radius 1 is 1.33 bits per heavy atom. The van der Waals surface area contributed by atoms with E-state index in [-0.39, 0.29) is 5.69 Å². The minimum Gasteiger partial charge on any atom is -0.508 e. The SMILES string of the molecule is NC(=O)Nc1cc(O)cc(C(F)(F)F)c1. The molecule has 15 heavy (non-hydrogen) atoms. The van der Waals surface area contributed by atoms with Gasteiger partial charge < -0.3 is 16.2 Å². The van der Waals surface area contributed by atoms with E-state index in [4.69, 9.17) is 10.8 Å². The molecular formula is C8H7F3N2O2. The molecule has 0 atom stereocenters. The summed E-state index contributed by atoms with van der Waals surface area (Å²) in [4.78, 5) is 10.4. The summed E-state index contributed by atoms with van der Waals surface area (Å²) in [6.07, 6.45) is -4.59. The summed E-state index contributed by atoms with van der Waals surface area (Å²) < 4.78 is 36.7. The Morgan fingerprint density at radius 2 is 1.93 bits per heavy atom. The van der Waals surface area contributed by atoms with Crippen LogP contribution in [0.1, 0.15) is 5.56 Å². The summed E-state index contributed by atoms with van der Waals surface area (Å²) in [5, 5.41) is 10.9. The molecule has 0 heterocycles. The summed E-state index contributed by atoms with van der Waals surface area (Å²) in [7, 11) is 0. The van der Waals surface area contributed by atoms with Crippen LogP contribution in [0.25, 0.3) is 0 Å². The van der Waals surface area contributed by atoms with Gasteiger partial charge in [0.25, 0.3) is 0 Å². The number of amides is 2. The maximum atomic E-state index is 12.2. The lowest BCUT2D eigenvalue weighted by Gasteiger charge is -2.09. The average molecular weight is 220 g/mol. The van der Waals surface area contributed by atoms with Gasteiger partial charge in [0.15, 0.2) is 0 Å². The van der Waals surface area contributed by atoms with E-state index in [0.717, 1.165) is 6.07 Å². The molecule has 0 aliphatic heterocycles. The van der Waals surface area contributed by atoms with E-state index in [0.29, 0.717) is 12.1 Å². The first-order chi connectivity index (χ1) is 6.79. The maximum Gasteiger partial charge on any atom is 0.416 e. The number of nitrogens with one attached hydrogen (secondary N) is 1. The van der Waals surface area contributed by atoms with E-state index >= 15 is 0 Å². The van der Waals surface area contributed by atoms with Gasteiger partial charge in [0, 0.05) is 11.8 Å². The fourth-order valence-electron chi connectivity index (χ4n) is 0.989. The van der Waals surface area contributed by atoms with Crippen LogP contribution in [0.5, 0.6) is 5.75 Å². The number of alkyl halides is 3. The van der Waals surface area contributed by atoms with Gasteiger partial charge in [-0.3, -0.25) is 0 Å². The van der Waals surface area contributed by atoms with E-state index in [2.05, 4.69) is 0 Å². The zero-order valence-electron chi connectivity index (χ0n) is 7.30. The molecule has 0 radical (unpaired) electrons. The second-order valence-corrected chi connectivity index (χ2v) is 2.76. The van der Waals surface area contributed by atoms with E-state index < -0.39 is 23.5 Å². The topological polar surface area (TPSA) is 75.4 Å². The lowest BCUT2D eigenvalue weighted by Crippen LogP contribution is -2.19. The fourth-order valence-corrected chi connectivity index (χ4v) is 0.989. The standard InChI is InChI=1S/C8H7F3N2O2/c9-8(10,11)4-1-5(13-7(12)15)3-6(14)2-4/h1-3,14H,(H3,12,13,15). The molecule has 0 aliphatic rings. The highest BCUT2D eigenvalue weighted by molar-refractivity contribution is 5.88.